The molecule has 0 spiro atoms. The van der Waals surface area contributed by atoms with Crippen molar-refractivity contribution in [3.05, 3.63) is 53.1 Å². The summed E-state index contributed by atoms with van der Waals surface area (Å²) in [6, 6.07) is 12.8. The Morgan fingerprint density at radius 3 is 2.33 bits per heavy atom. The summed E-state index contributed by atoms with van der Waals surface area (Å²) in [4.78, 5) is 0. The molecular formula is C14H14ClNO2. The number of halogens is 1. The van der Waals surface area contributed by atoms with Gasteiger partial charge in [-0.2, -0.15) is 0 Å². The Bertz CT molecular complexity index is 526. The third-order valence-corrected chi connectivity index (χ3v) is 2.77. The lowest BCUT2D eigenvalue weighted by Crippen LogP contribution is -1.99. The van der Waals surface area contributed by atoms with Crippen LogP contribution in [0.3, 0.4) is 0 Å². The third-order valence-electron chi connectivity index (χ3n) is 2.54. The van der Waals surface area contributed by atoms with E-state index in [1.807, 2.05) is 30.3 Å². The van der Waals surface area contributed by atoms with E-state index in [9.17, 15) is 0 Å². The number of hydrogen-bond acceptors (Lipinski definition) is 3. The monoisotopic (exact) mass is 263 g/mol. The third kappa shape index (κ3) is 2.94. The molecule has 94 valence electrons. The summed E-state index contributed by atoms with van der Waals surface area (Å²) in [6.07, 6.45) is 0. The Morgan fingerprint density at radius 1 is 1.06 bits per heavy atom. The topological polar surface area (TPSA) is 44.5 Å². The highest BCUT2D eigenvalue weighted by atomic mass is 35.5. The average molecular weight is 264 g/mol. The number of ether oxygens (including phenoxy) is 2. The van der Waals surface area contributed by atoms with Gasteiger partial charge in [-0.05, 0) is 36.4 Å². The molecule has 0 bridgehead atoms. The quantitative estimate of drug-likeness (QED) is 0.917. The summed E-state index contributed by atoms with van der Waals surface area (Å²) in [5.74, 6) is 2.18. The summed E-state index contributed by atoms with van der Waals surface area (Å²) in [5.41, 5.74) is 6.57. The molecule has 0 aliphatic rings. The van der Waals surface area contributed by atoms with E-state index < -0.39 is 0 Å². The summed E-state index contributed by atoms with van der Waals surface area (Å²) in [5, 5.41) is 0.621. The van der Waals surface area contributed by atoms with Gasteiger partial charge < -0.3 is 15.2 Å². The van der Waals surface area contributed by atoms with Crippen LogP contribution < -0.4 is 15.2 Å². The standard InChI is InChI=1S/C14H14ClNO2/c1-17-12-4-6-13(7-5-12)18-14-8-11(15)3-2-10(14)9-16/h2-8H,9,16H2,1H3. The number of benzene rings is 2. The predicted octanol–water partition coefficient (Wildman–Crippen LogP) is 3.60. The Kier molecular flexibility index (Phi) is 4.07. The Morgan fingerprint density at radius 2 is 1.72 bits per heavy atom. The second-order valence-electron chi connectivity index (χ2n) is 3.73. The van der Waals surface area contributed by atoms with Crippen LogP contribution in [0.25, 0.3) is 0 Å². The van der Waals surface area contributed by atoms with E-state index in [2.05, 4.69) is 0 Å². The summed E-state index contributed by atoms with van der Waals surface area (Å²) >= 11 is 5.95. The molecule has 0 radical (unpaired) electrons. The van der Waals surface area contributed by atoms with E-state index >= 15 is 0 Å². The molecule has 0 aliphatic heterocycles. The first-order chi connectivity index (χ1) is 8.72. The van der Waals surface area contributed by atoms with Gasteiger partial charge in [-0.3, -0.25) is 0 Å². The van der Waals surface area contributed by atoms with Crippen LogP contribution in [0.2, 0.25) is 5.02 Å². The molecule has 0 amide bonds. The molecule has 3 nitrogen and oxygen atoms in total. The highest BCUT2D eigenvalue weighted by Crippen LogP contribution is 2.29. The molecule has 0 atom stereocenters. The van der Waals surface area contributed by atoms with Gasteiger partial charge in [0, 0.05) is 17.1 Å². The number of rotatable bonds is 4. The van der Waals surface area contributed by atoms with E-state index in [1.165, 1.54) is 0 Å². The summed E-state index contributed by atoms with van der Waals surface area (Å²) < 4.78 is 10.8. The highest BCUT2D eigenvalue weighted by molar-refractivity contribution is 6.30. The molecule has 4 heteroatoms. The lowest BCUT2D eigenvalue weighted by atomic mass is 10.2. The summed E-state index contributed by atoms with van der Waals surface area (Å²) in [7, 11) is 1.62. The molecule has 0 heterocycles. The fourth-order valence-electron chi connectivity index (χ4n) is 1.56. The molecule has 0 saturated carbocycles. The normalized spacial score (nSPS) is 10.2. The van der Waals surface area contributed by atoms with Gasteiger partial charge in [0.15, 0.2) is 0 Å². The van der Waals surface area contributed by atoms with Crippen molar-refractivity contribution in [2.24, 2.45) is 5.73 Å². The number of methoxy groups -OCH3 is 1. The van der Waals surface area contributed by atoms with E-state index in [1.54, 1.807) is 19.2 Å². The predicted molar refractivity (Wildman–Crippen MR) is 72.4 cm³/mol. The van der Waals surface area contributed by atoms with Crippen LogP contribution in [-0.4, -0.2) is 7.11 Å². The van der Waals surface area contributed by atoms with Crippen molar-refractivity contribution >= 4 is 11.6 Å². The van der Waals surface area contributed by atoms with Gasteiger partial charge >= 0.3 is 0 Å². The second-order valence-corrected chi connectivity index (χ2v) is 4.17. The minimum absolute atomic E-state index is 0.405. The lowest BCUT2D eigenvalue weighted by molar-refractivity contribution is 0.412. The van der Waals surface area contributed by atoms with Gasteiger partial charge in [-0.1, -0.05) is 17.7 Å². The minimum atomic E-state index is 0.405. The molecule has 0 aromatic heterocycles. The smallest absolute Gasteiger partial charge is 0.133 e. The maximum Gasteiger partial charge on any atom is 0.133 e. The van der Waals surface area contributed by atoms with Gasteiger partial charge in [0.1, 0.15) is 17.2 Å². The van der Waals surface area contributed by atoms with Crippen molar-refractivity contribution < 1.29 is 9.47 Å². The summed E-state index contributed by atoms with van der Waals surface area (Å²) in [6.45, 7) is 0.405. The Labute approximate surface area is 111 Å². The average Bonchev–Trinajstić information content (AvgIpc) is 2.40. The van der Waals surface area contributed by atoms with Crippen molar-refractivity contribution in [2.45, 2.75) is 6.54 Å². The van der Waals surface area contributed by atoms with Crippen LogP contribution >= 0.6 is 11.6 Å². The van der Waals surface area contributed by atoms with Gasteiger partial charge in [-0.25, -0.2) is 0 Å². The maximum atomic E-state index is 5.95. The van der Waals surface area contributed by atoms with Crippen LogP contribution in [0.1, 0.15) is 5.56 Å². The number of nitrogens with two attached hydrogens (primary N) is 1. The molecule has 0 fully saturated rings. The zero-order valence-electron chi connectivity index (χ0n) is 10.0. The molecule has 0 saturated heterocycles. The van der Waals surface area contributed by atoms with Gasteiger partial charge in [0.05, 0.1) is 7.11 Å². The Balaban J connectivity index is 2.24. The minimum Gasteiger partial charge on any atom is -0.497 e. The van der Waals surface area contributed by atoms with E-state index in [0.717, 1.165) is 11.3 Å². The van der Waals surface area contributed by atoms with Crippen molar-refractivity contribution in [1.82, 2.24) is 0 Å². The van der Waals surface area contributed by atoms with Crippen LogP contribution in [0.15, 0.2) is 42.5 Å². The zero-order valence-corrected chi connectivity index (χ0v) is 10.8. The first-order valence-electron chi connectivity index (χ1n) is 5.53. The van der Waals surface area contributed by atoms with Gasteiger partial charge in [-0.15, -0.1) is 0 Å². The lowest BCUT2D eigenvalue weighted by Gasteiger charge is -2.10. The molecule has 0 aliphatic carbocycles. The molecule has 2 N–H and O–H groups in total. The van der Waals surface area contributed by atoms with E-state index in [0.29, 0.717) is 23.1 Å². The fraction of sp³-hybridized carbons (Fsp3) is 0.143. The van der Waals surface area contributed by atoms with Crippen LogP contribution in [0.5, 0.6) is 17.2 Å². The zero-order chi connectivity index (χ0) is 13.0. The molecular weight excluding hydrogens is 250 g/mol. The van der Waals surface area contributed by atoms with E-state index in [4.69, 9.17) is 26.8 Å². The highest BCUT2D eigenvalue weighted by Gasteiger charge is 2.05. The van der Waals surface area contributed by atoms with Crippen molar-refractivity contribution in [1.29, 1.82) is 0 Å². The molecule has 2 rings (SSSR count). The fourth-order valence-corrected chi connectivity index (χ4v) is 1.72. The van der Waals surface area contributed by atoms with Crippen molar-refractivity contribution in [3.8, 4) is 17.2 Å². The van der Waals surface area contributed by atoms with Gasteiger partial charge in [0.25, 0.3) is 0 Å². The van der Waals surface area contributed by atoms with Gasteiger partial charge in [0.2, 0.25) is 0 Å². The molecule has 18 heavy (non-hydrogen) atoms. The SMILES string of the molecule is COc1ccc(Oc2cc(Cl)ccc2CN)cc1. The first kappa shape index (κ1) is 12.7. The van der Waals surface area contributed by atoms with Crippen LogP contribution in [0.4, 0.5) is 0 Å². The molecule has 2 aromatic rings. The number of hydrogen-bond donors (Lipinski definition) is 1. The second kappa shape index (κ2) is 5.76. The Hall–Kier alpha value is -1.71. The van der Waals surface area contributed by atoms with Crippen LogP contribution in [0, 0.1) is 0 Å². The molecule has 2 aromatic carbocycles. The maximum absolute atomic E-state index is 5.95. The largest absolute Gasteiger partial charge is 0.497 e. The van der Waals surface area contributed by atoms with Crippen molar-refractivity contribution in [2.75, 3.05) is 7.11 Å². The van der Waals surface area contributed by atoms with E-state index in [-0.39, 0.29) is 0 Å². The van der Waals surface area contributed by atoms with Crippen molar-refractivity contribution in [3.63, 3.8) is 0 Å². The first-order valence-corrected chi connectivity index (χ1v) is 5.91. The van der Waals surface area contributed by atoms with Crippen LogP contribution in [-0.2, 0) is 6.54 Å². The molecule has 0 unspecified atom stereocenters.